The summed E-state index contributed by atoms with van der Waals surface area (Å²) in [6.07, 6.45) is 11.8. The Hall–Kier alpha value is 0.532. The van der Waals surface area contributed by atoms with E-state index in [0.29, 0.717) is 0 Å². The molecule has 0 aliphatic carbocycles. The fraction of sp³-hybridized carbons (Fsp3) is 1.00. The van der Waals surface area contributed by atoms with E-state index < -0.39 is 14.1 Å². The summed E-state index contributed by atoms with van der Waals surface area (Å²) >= 11 is -0.420. The molecule has 0 fully saturated rings. The quantitative estimate of drug-likeness (QED) is 0.254. The van der Waals surface area contributed by atoms with Crippen molar-refractivity contribution >= 4 is 14.1 Å². The monoisotopic (exact) mass is 282 g/mol. The molecule has 0 bridgehead atoms. The van der Waals surface area contributed by atoms with Gasteiger partial charge in [-0.1, -0.05) is 114 Å². The van der Waals surface area contributed by atoms with Gasteiger partial charge in [-0.15, -0.1) is 0 Å². The van der Waals surface area contributed by atoms with E-state index in [1.54, 1.807) is 15.8 Å². The van der Waals surface area contributed by atoms with Gasteiger partial charge in [0.25, 0.3) is 14.1 Å². The molecule has 0 aliphatic rings. The molecule has 0 saturated heterocycles. The van der Waals surface area contributed by atoms with Gasteiger partial charge in [0.15, 0.2) is 0 Å². The first-order valence-corrected chi connectivity index (χ1v) is 11.5. The Bertz CT molecular complexity index is 165. The average Bonchev–Trinajstić information content (AvgIpc) is 2.30. The lowest BCUT2D eigenvalue weighted by Crippen LogP contribution is -2.17. The maximum Gasteiger partial charge on any atom is 0.262 e. The second kappa shape index (κ2) is 13.5. The Morgan fingerprint density at radius 3 is 1.47 bits per heavy atom. The molecule has 0 spiro atoms. The van der Waals surface area contributed by atoms with Gasteiger partial charge >= 0.3 is 0 Å². The molecule has 0 amide bonds. The van der Waals surface area contributed by atoms with E-state index in [-0.39, 0.29) is 0 Å². The highest BCUT2D eigenvalue weighted by molar-refractivity contribution is 6.58. The first-order valence-electron chi connectivity index (χ1n) is 9.06. The topological polar surface area (TPSA) is 0 Å². The molecule has 0 aromatic rings. The predicted octanol–water partition coefficient (Wildman–Crippen LogP) is 6.93. The number of hydrogen-bond donors (Lipinski definition) is 0. The van der Waals surface area contributed by atoms with Gasteiger partial charge in [0, 0.05) is 0 Å². The van der Waals surface area contributed by atoms with Gasteiger partial charge in [-0.2, -0.15) is 0 Å². The molecule has 0 aromatic carbocycles. The maximum atomic E-state index is 2.41. The summed E-state index contributed by atoms with van der Waals surface area (Å²) in [6.45, 7) is 11.9. The normalized spacial score (nSPS) is 11.5. The van der Waals surface area contributed by atoms with Gasteiger partial charge in [-0.25, -0.2) is 0 Å². The number of rotatable bonds is 13. The molecule has 0 N–H and O–H groups in total. The van der Waals surface area contributed by atoms with E-state index in [0.717, 1.165) is 11.8 Å². The van der Waals surface area contributed by atoms with Gasteiger partial charge < -0.3 is 0 Å². The third-order valence-corrected chi connectivity index (χ3v) is 8.52. The van der Waals surface area contributed by atoms with Crippen LogP contribution >= 0.6 is 0 Å². The van der Waals surface area contributed by atoms with Gasteiger partial charge in [0.1, 0.15) is 0 Å². The van der Waals surface area contributed by atoms with E-state index in [2.05, 4.69) is 34.6 Å². The molecule has 114 valence electrons. The predicted molar refractivity (Wildman–Crippen MR) is 92.5 cm³/mol. The Kier molecular flexibility index (Phi) is 13.9. The van der Waals surface area contributed by atoms with Crippen molar-refractivity contribution in [2.45, 2.75) is 102 Å². The largest absolute Gasteiger partial charge is 0.262 e. The molecule has 0 unspecified atom stereocenters. The summed E-state index contributed by atoms with van der Waals surface area (Å²) in [7, 11) is 0. The lowest BCUT2D eigenvalue weighted by Gasteiger charge is -2.16. The highest BCUT2D eigenvalue weighted by Crippen LogP contribution is 2.20. The molecule has 0 aromatic heterocycles. The fourth-order valence-electron chi connectivity index (χ4n) is 3.23. The third kappa shape index (κ3) is 14.7. The molecule has 0 rings (SSSR count). The van der Waals surface area contributed by atoms with Crippen LogP contribution < -0.4 is 0 Å². The summed E-state index contributed by atoms with van der Waals surface area (Å²) in [6, 6.07) is 0. The van der Waals surface area contributed by atoms with Crippen molar-refractivity contribution in [3.63, 3.8) is 0 Å². The van der Waals surface area contributed by atoms with Crippen LogP contribution in [0.2, 0.25) is 15.8 Å². The van der Waals surface area contributed by atoms with Crippen molar-refractivity contribution in [3.8, 4) is 0 Å². The minimum atomic E-state index is -0.420. The van der Waals surface area contributed by atoms with Crippen LogP contribution in [0, 0.1) is 11.8 Å². The van der Waals surface area contributed by atoms with Crippen molar-refractivity contribution in [3.05, 3.63) is 0 Å². The molecule has 0 nitrogen and oxygen atoms in total. The summed E-state index contributed by atoms with van der Waals surface area (Å²) in [5.74, 6) is 1.87. The molecular formula is C18H39Al. The lowest BCUT2D eigenvalue weighted by atomic mass is 10.1. The molecule has 19 heavy (non-hydrogen) atoms. The van der Waals surface area contributed by atoms with Gasteiger partial charge in [-0.05, 0) is 0 Å². The van der Waals surface area contributed by atoms with Crippen molar-refractivity contribution < 1.29 is 0 Å². The molecule has 0 heterocycles. The average molecular weight is 282 g/mol. The summed E-state index contributed by atoms with van der Waals surface area (Å²) < 4.78 is 0. The summed E-state index contributed by atoms with van der Waals surface area (Å²) in [5, 5.41) is 4.77. The number of hydrogen-bond acceptors (Lipinski definition) is 0. The van der Waals surface area contributed by atoms with E-state index in [9.17, 15) is 0 Å². The Morgan fingerprint density at radius 2 is 1.05 bits per heavy atom. The van der Waals surface area contributed by atoms with Crippen molar-refractivity contribution in [2.24, 2.45) is 11.8 Å². The Morgan fingerprint density at radius 1 is 0.632 bits per heavy atom. The summed E-state index contributed by atoms with van der Waals surface area (Å²) in [5.41, 5.74) is 0. The lowest BCUT2D eigenvalue weighted by molar-refractivity contribution is 0.582. The highest BCUT2D eigenvalue weighted by Gasteiger charge is 2.19. The van der Waals surface area contributed by atoms with Crippen LogP contribution in [-0.4, -0.2) is 14.1 Å². The zero-order valence-corrected chi connectivity index (χ0v) is 15.7. The van der Waals surface area contributed by atoms with Crippen LogP contribution in [0.4, 0.5) is 0 Å². The second-order valence-electron chi connectivity index (χ2n) is 7.39. The standard InChI is InChI=1S/C10H21.2C4H9.Al/c1-3-5-7-9-10-8-6-4-2;2*1-4(2)3;/h1,3-10H2,2H3;2*4H,1H2,2-3H3;. The Labute approximate surface area is 128 Å². The van der Waals surface area contributed by atoms with Crippen molar-refractivity contribution in [1.82, 2.24) is 0 Å². The van der Waals surface area contributed by atoms with Gasteiger partial charge in [-0.3, -0.25) is 0 Å². The molecule has 1 heteroatoms. The third-order valence-electron chi connectivity index (χ3n) is 4.08. The van der Waals surface area contributed by atoms with Crippen LogP contribution in [0.5, 0.6) is 0 Å². The first kappa shape index (κ1) is 19.5. The van der Waals surface area contributed by atoms with Crippen LogP contribution in [-0.2, 0) is 0 Å². The maximum absolute atomic E-state index is 2.41. The Balaban J connectivity index is 3.52. The van der Waals surface area contributed by atoms with Crippen LogP contribution in [0.1, 0.15) is 86.0 Å². The molecule has 0 radical (unpaired) electrons. The van der Waals surface area contributed by atoms with Crippen LogP contribution in [0.25, 0.3) is 0 Å². The van der Waals surface area contributed by atoms with Gasteiger partial charge in [0.05, 0.1) is 0 Å². The van der Waals surface area contributed by atoms with Crippen LogP contribution in [0.15, 0.2) is 0 Å². The minimum absolute atomic E-state index is 0.420. The molecular weight excluding hydrogens is 243 g/mol. The van der Waals surface area contributed by atoms with E-state index in [4.69, 9.17) is 0 Å². The van der Waals surface area contributed by atoms with Crippen molar-refractivity contribution in [2.75, 3.05) is 0 Å². The fourth-order valence-corrected chi connectivity index (χ4v) is 7.43. The van der Waals surface area contributed by atoms with Crippen LogP contribution in [0.3, 0.4) is 0 Å². The van der Waals surface area contributed by atoms with Crippen molar-refractivity contribution in [1.29, 1.82) is 0 Å². The SMILES string of the molecule is CCCCCCCCC[CH2][Al]([CH2]C(C)C)[CH2]C(C)C. The van der Waals surface area contributed by atoms with E-state index >= 15 is 0 Å². The molecule has 0 aliphatic heterocycles. The molecule has 0 saturated carbocycles. The van der Waals surface area contributed by atoms with E-state index in [1.807, 2.05) is 0 Å². The first-order chi connectivity index (χ1) is 9.06. The molecule has 0 atom stereocenters. The number of unbranched alkanes of at least 4 members (excludes halogenated alkanes) is 7. The highest BCUT2D eigenvalue weighted by atomic mass is 27.2. The summed E-state index contributed by atoms with van der Waals surface area (Å²) in [4.78, 5) is 0. The second-order valence-corrected chi connectivity index (χ2v) is 10.6. The zero-order valence-electron chi connectivity index (χ0n) is 14.5. The minimum Gasteiger partial charge on any atom is -0.0938 e. The zero-order chi connectivity index (χ0) is 14.5. The smallest absolute Gasteiger partial charge is 0.0938 e. The van der Waals surface area contributed by atoms with E-state index in [1.165, 1.54) is 51.4 Å². The van der Waals surface area contributed by atoms with Gasteiger partial charge in [0.2, 0.25) is 0 Å².